The van der Waals surface area contributed by atoms with Crippen molar-refractivity contribution in [2.45, 2.75) is 16.3 Å². The molecule has 2 aromatic rings. The van der Waals surface area contributed by atoms with Gasteiger partial charge in [0, 0.05) is 0 Å². The molecule has 122 valence electrons. The Morgan fingerprint density at radius 2 is 1.61 bits per heavy atom. The van der Waals surface area contributed by atoms with E-state index >= 15 is 0 Å². The maximum Gasteiger partial charge on any atom is 0.416 e. The van der Waals surface area contributed by atoms with Crippen molar-refractivity contribution < 1.29 is 26.4 Å². The lowest BCUT2D eigenvalue weighted by atomic mass is 10.1. The molecule has 0 saturated carbocycles. The highest BCUT2D eigenvalue weighted by Gasteiger charge is 2.36. The molecule has 0 aliphatic rings. The van der Waals surface area contributed by atoms with Crippen molar-refractivity contribution in [1.82, 2.24) is 0 Å². The third-order valence-electron chi connectivity index (χ3n) is 3.16. The minimum atomic E-state index is -4.69. The van der Waals surface area contributed by atoms with Crippen LogP contribution in [0.5, 0.6) is 0 Å². The van der Waals surface area contributed by atoms with E-state index in [0.29, 0.717) is 6.07 Å². The lowest BCUT2D eigenvalue weighted by molar-refractivity contribution is -0.137. The van der Waals surface area contributed by atoms with Gasteiger partial charge >= 0.3 is 6.18 Å². The number of hydrogen-bond donors (Lipinski definition) is 1. The van der Waals surface area contributed by atoms with E-state index in [0.717, 1.165) is 18.2 Å². The zero-order valence-corrected chi connectivity index (χ0v) is 12.4. The van der Waals surface area contributed by atoms with Crippen LogP contribution in [0.15, 0.2) is 59.5 Å². The monoisotopic (exact) mass is 343 g/mol. The minimum absolute atomic E-state index is 0.0948. The van der Waals surface area contributed by atoms with Crippen molar-refractivity contribution >= 4 is 15.7 Å². The standard InChI is InChI=1S/C15H12F3NO3S/c16-15(17,18)11-7-4-8-12(9-11)23(21,22)13(14(19)20)10-5-2-1-3-6-10/h1-9,13H,(H2,19,20)/t13-/m0/s1. The predicted octanol–water partition coefficient (Wildman–Crippen LogP) is 2.71. The SMILES string of the molecule is NC(=O)[C@H](c1ccccc1)S(=O)(=O)c1cccc(C(F)(F)F)c1. The Hall–Kier alpha value is -2.35. The van der Waals surface area contributed by atoms with E-state index in [4.69, 9.17) is 5.73 Å². The van der Waals surface area contributed by atoms with Gasteiger partial charge in [-0.15, -0.1) is 0 Å². The van der Waals surface area contributed by atoms with Crippen molar-refractivity contribution in [3.63, 3.8) is 0 Å². The number of sulfone groups is 1. The summed E-state index contributed by atoms with van der Waals surface area (Å²) in [6, 6.07) is 10.6. The van der Waals surface area contributed by atoms with E-state index in [-0.39, 0.29) is 5.56 Å². The molecule has 1 amide bonds. The van der Waals surface area contributed by atoms with Crippen LogP contribution in [0.1, 0.15) is 16.4 Å². The average Bonchev–Trinajstić information content (AvgIpc) is 2.47. The van der Waals surface area contributed by atoms with Gasteiger partial charge in [-0.25, -0.2) is 8.42 Å². The Bertz CT molecular complexity index is 817. The van der Waals surface area contributed by atoms with Gasteiger partial charge in [0.1, 0.15) is 0 Å². The summed E-state index contributed by atoms with van der Waals surface area (Å²) >= 11 is 0. The van der Waals surface area contributed by atoms with Crippen molar-refractivity contribution in [2.75, 3.05) is 0 Å². The number of primary amides is 1. The molecule has 1 atom stereocenters. The van der Waals surface area contributed by atoms with E-state index in [1.807, 2.05) is 0 Å². The summed E-state index contributed by atoms with van der Waals surface area (Å²) in [6.07, 6.45) is -4.69. The molecule has 8 heteroatoms. The highest BCUT2D eigenvalue weighted by molar-refractivity contribution is 7.92. The third-order valence-corrected chi connectivity index (χ3v) is 5.20. The van der Waals surface area contributed by atoms with Gasteiger partial charge in [-0.2, -0.15) is 13.2 Å². The molecule has 23 heavy (non-hydrogen) atoms. The molecule has 0 aromatic heterocycles. The lowest BCUT2D eigenvalue weighted by Crippen LogP contribution is -2.28. The van der Waals surface area contributed by atoms with Gasteiger partial charge in [0.25, 0.3) is 0 Å². The first-order valence-corrected chi connectivity index (χ1v) is 7.94. The van der Waals surface area contributed by atoms with Crippen molar-refractivity contribution in [3.8, 4) is 0 Å². The Morgan fingerprint density at radius 3 is 2.13 bits per heavy atom. The number of carbonyl (C=O) groups excluding carboxylic acids is 1. The number of benzene rings is 2. The van der Waals surface area contributed by atoms with Gasteiger partial charge in [-0.3, -0.25) is 4.79 Å². The van der Waals surface area contributed by atoms with Gasteiger partial charge in [0.2, 0.25) is 5.91 Å². The van der Waals surface area contributed by atoms with Crippen LogP contribution in [-0.4, -0.2) is 14.3 Å². The second kappa shape index (κ2) is 6.04. The smallest absolute Gasteiger partial charge is 0.368 e. The van der Waals surface area contributed by atoms with Crippen LogP contribution in [0.25, 0.3) is 0 Å². The maximum atomic E-state index is 12.8. The summed E-state index contributed by atoms with van der Waals surface area (Å²) in [5.41, 5.74) is 4.15. The molecule has 0 saturated heterocycles. The van der Waals surface area contributed by atoms with Crippen LogP contribution in [0, 0.1) is 0 Å². The average molecular weight is 343 g/mol. The van der Waals surface area contributed by atoms with Gasteiger partial charge < -0.3 is 5.73 Å². The van der Waals surface area contributed by atoms with Gasteiger partial charge in [0.15, 0.2) is 15.1 Å². The number of halogens is 3. The third kappa shape index (κ3) is 3.53. The molecule has 0 aliphatic heterocycles. The minimum Gasteiger partial charge on any atom is -0.368 e. The molecule has 0 aliphatic carbocycles. The number of hydrogen-bond acceptors (Lipinski definition) is 3. The molecule has 0 radical (unpaired) electrons. The van der Waals surface area contributed by atoms with Crippen molar-refractivity contribution in [2.24, 2.45) is 5.73 Å². The zero-order chi connectivity index (χ0) is 17.3. The van der Waals surface area contributed by atoms with Crippen LogP contribution < -0.4 is 5.73 Å². The first-order chi connectivity index (χ1) is 10.6. The summed E-state index contributed by atoms with van der Waals surface area (Å²) in [5.74, 6) is -1.16. The normalized spacial score (nSPS) is 13.5. The second-order valence-corrected chi connectivity index (χ2v) is 6.80. The predicted molar refractivity (Wildman–Crippen MR) is 77.0 cm³/mol. The van der Waals surface area contributed by atoms with Crippen LogP contribution >= 0.6 is 0 Å². The highest BCUT2D eigenvalue weighted by Crippen LogP contribution is 2.34. The first-order valence-electron chi connectivity index (χ1n) is 6.39. The molecule has 0 heterocycles. The Kier molecular flexibility index (Phi) is 4.46. The largest absolute Gasteiger partial charge is 0.416 e. The summed E-state index contributed by atoms with van der Waals surface area (Å²) in [4.78, 5) is 11.0. The Balaban J connectivity index is 2.58. The number of amides is 1. The molecule has 4 nitrogen and oxygen atoms in total. The molecular formula is C15H12F3NO3S. The van der Waals surface area contributed by atoms with Crippen LogP contribution in [-0.2, 0) is 20.8 Å². The van der Waals surface area contributed by atoms with Crippen molar-refractivity contribution in [1.29, 1.82) is 0 Å². The van der Waals surface area contributed by atoms with Crippen LogP contribution in [0.2, 0.25) is 0 Å². The fourth-order valence-electron chi connectivity index (χ4n) is 2.11. The molecule has 0 fully saturated rings. The Labute approximate surface area is 130 Å². The van der Waals surface area contributed by atoms with Gasteiger partial charge in [-0.05, 0) is 23.8 Å². The molecule has 2 rings (SSSR count). The lowest BCUT2D eigenvalue weighted by Gasteiger charge is -2.16. The summed E-state index contributed by atoms with van der Waals surface area (Å²) < 4.78 is 63.4. The maximum absolute atomic E-state index is 12.8. The molecule has 0 unspecified atom stereocenters. The number of nitrogens with two attached hydrogens (primary N) is 1. The summed E-state index contributed by atoms with van der Waals surface area (Å²) in [5, 5.41) is -1.76. The highest BCUT2D eigenvalue weighted by atomic mass is 32.2. The first kappa shape index (κ1) is 17.0. The van der Waals surface area contributed by atoms with E-state index in [9.17, 15) is 26.4 Å². The van der Waals surface area contributed by atoms with Gasteiger partial charge in [-0.1, -0.05) is 36.4 Å². The summed E-state index contributed by atoms with van der Waals surface area (Å²) in [6.45, 7) is 0. The topological polar surface area (TPSA) is 77.2 Å². The summed E-state index contributed by atoms with van der Waals surface area (Å²) in [7, 11) is -4.41. The van der Waals surface area contributed by atoms with E-state index in [1.54, 1.807) is 6.07 Å². The fraction of sp³-hybridized carbons (Fsp3) is 0.133. The molecule has 0 spiro atoms. The van der Waals surface area contributed by atoms with Crippen LogP contribution in [0.3, 0.4) is 0 Å². The van der Waals surface area contributed by atoms with Crippen LogP contribution in [0.4, 0.5) is 13.2 Å². The quantitative estimate of drug-likeness (QED) is 0.927. The molecule has 2 aromatic carbocycles. The molecular weight excluding hydrogens is 331 g/mol. The van der Waals surface area contributed by atoms with Gasteiger partial charge in [0.05, 0.1) is 10.5 Å². The second-order valence-electron chi connectivity index (χ2n) is 4.76. The van der Waals surface area contributed by atoms with E-state index in [1.165, 1.54) is 24.3 Å². The van der Waals surface area contributed by atoms with E-state index < -0.39 is 37.6 Å². The number of carbonyl (C=O) groups is 1. The fourth-order valence-corrected chi connectivity index (χ4v) is 3.76. The Morgan fingerprint density at radius 1 is 1.00 bits per heavy atom. The number of rotatable bonds is 4. The number of alkyl halides is 3. The zero-order valence-electron chi connectivity index (χ0n) is 11.6. The van der Waals surface area contributed by atoms with E-state index in [2.05, 4.69) is 0 Å². The molecule has 2 N–H and O–H groups in total. The van der Waals surface area contributed by atoms with Crippen molar-refractivity contribution in [3.05, 3.63) is 65.7 Å². The molecule has 0 bridgehead atoms.